The Kier molecular flexibility index (Phi) is 6.29. The molecule has 1 saturated carbocycles. The standard InChI is InChI=1S/C20H33N/c1-15(2)21-14-20-9-7-5-6-8-19(20)13-18-11-10-16(3)17(4)12-18/h10-12,15,19-21H,5-9,13-14H2,1-4H3. The minimum absolute atomic E-state index is 0.607. The maximum atomic E-state index is 3.68. The molecule has 1 aromatic carbocycles. The molecule has 1 N–H and O–H groups in total. The van der Waals surface area contributed by atoms with Crippen LogP contribution in [0.2, 0.25) is 0 Å². The van der Waals surface area contributed by atoms with Crippen molar-refractivity contribution in [1.82, 2.24) is 5.32 Å². The quantitative estimate of drug-likeness (QED) is 0.748. The normalized spacial score (nSPS) is 23.3. The van der Waals surface area contributed by atoms with Gasteiger partial charge in [0.05, 0.1) is 0 Å². The molecule has 0 amide bonds. The predicted octanol–water partition coefficient (Wildman–Crippen LogP) is 5.04. The first-order valence-electron chi connectivity index (χ1n) is 8.85. The molecule has 2 unspecified atom stereocenters. The molecule has 118 valence electrons. The van der Waals surface area contributed by atoms with E-state index in [1.165, 1.54) is 56.2 Å². The monoisotopic (exact) mass is 287 g/mol. The second-order valence-electron chi connectivity index (χ2n) is 7.34. The topological polar surface area (TPSA) is 12.0 Å². The minimum Gasteiger partial charge on any atom is -0.314 e. The fraction of sp³-hybridized carbons (Fsp3) is 0.700. The van der Waals surface area contributed by atoms with Gasteiger partial charge in [0.15, 0.2) is 0 Å². The van der Waals surface area contributed by atoms with E-state index in [1.807, 2.05) is 0 Å². The summed E-state index contributed by atoms with van der Waals surface area (Å²) in [5.41, 5.74) is 4.40. The van der Waals surface area contributed by atoms with Gasteiger partial charge in [-0.05, 0) is 68.2 Å². The van der Waals surface area contributed by atoms with Gasteiger partial charge in [0.25, 0.3) is 0 Å². The third kappa shape index (κ3) is 5.14. The zero-order chi connectivity index (χ0) is 15.2. The van der Waals surface area contributed by atoms with Crippen LogP contribution >= 0.6 is 0 Å². The van der Waals surface area contributed by atoms with E-state index < -0.39 is 0 Å². The summed E-state index contributed by atoms with van der Waals surface area (Å²) in [4.78, 5) is 0. The van der Waals surface area contributed by atoms with E-state index in [0.717, 1.165) is 11.8 Å². The lowest BCUT2D eigenvalue weighted by molar-refractivity contribution is 0.291. The van der Waals surface area contributed by atoms with Crippen LogP contribution in [-0.2, 0) is 6.42 Å². The summed E-state index contributed by atoms with van der Waals surface area (Å²) in [6.07, 6.45) is 8.38. The molecule has 1 aliphatic rings. The Labute approximate surface area is 131 Å². The molecule has 1 aromatic rings. The van der Waals surface area contributed by atoms with Crippen molar-refractivity contribution in [3.63, 3.8) is 0 Å². The second kappa shape index (κ2) is 7.98. The zero-order valence-corrected chi connectivity index (χ0v) is 14.4. The van der Waals surface area contributed by atoms with Gasteiger partial charge in [-0.15, -0.1) is 0 Å². The molecule has 0 saturated heterocycles. The highest BCUT2D eigenvalue weighted by Gasteiger charge is 2.24. The van der Waals surface area contributed by atoms with Gasteiger partial charge >= 0.3 is 0 Å². The molecular formula is C20H33N. The van der Waals surface area contributed by atoms with Crippen LogP contribution in [-0.4, -0.2) is 12.6 Å². The summed E-state index contributed by atoms with van der Waals surface area (Å²) < 4.78 is 0. The summed E-state index contributed by atoms with van der Waals surface area (Å²) in [5, 5.41) is 3.68. The molecule has 2 rings (SSSR count). The van der Waals surface area contributed by atoms with Crippen molar-refractivity contribution in [3.05, 3.63) is 34.9 Å². The first-order chi connectivity index (χ1) is 10.1. The molecule has 1 nitrogen and oxygen atoms in total. The van der Waals surface area contributed by atoms with Gasteiger partial charge in [-0.25, -0.2) is 0 Å². The number of rotatable bonds is 5. The molecule has 1 fully saturated rings. The van der Waals surface area contributed by atoms with E-state index >= 15 is 0 Å². The van der Waals surface area contributed by atoms with Gasteiger partial charge in [0.2, 0.25) is 0 Å². The molecule has 0 spiro atoms. The lowest BCUT2D eigenvalue weighted by Crippen LogP contribution is -2.33. The SMILES string of the molecule is Cc1ccc(CC2CCCCCC2CNC(C)C)cc1C. The summed E-state index contributed by atoms with van der Waals surface area (Å²) in [7, 11) is 0. The molecule has 1 aliphatic carbocycles. The van der Waals surface area contributed by atoms with Gasteiger partial charge < -0.3 is 5.32 Å². The van der Waals surface area contributed by atoms with E-state index in [4.69, 9.17) is 0 Å². The molecule has 0 aromatic heterocycles. The molecular weight excluding hydrogens is 254 g/mol. The Hall–Kier alpha value is -0.820. The first kappa shape index (κ1) is 16.5. The third-order valence-corrected chi connectivity index (χ3v) is 5.17. The van der Waals surface area contributed by atoms with Crippen molar-refractivity contribution < 1.29 is 0 Å². The number of aryl methyl sites for hydroxylation is 2. The van der Waals surface area contributed by atoms with Crippen molar-refractivity contribution in [3.8, 4) is 0 Å². The third-order valence-electron chi connectivity index (χ3n) is 5.17. The highest BCUT2D eigenvalue weighted by atomic mass is 14.9. The number of benzene rings is 1. The Morgan fingerprint density at radius 2 is 1.71 bits per heavy atom. The molecule has 21 heavy (non-hydrogen) atoms. The second-order valence-corrected chi connectivity index (χ2v) is 7.34. The fourth-order valence-electron chi connectivity index (χ4n) is 3.62. The van der Waals surface area contributed by atoms with Gasteiger partial charge in [-0.2, -0.15) is 0 Å². The largest absolute Gasteiger partial charge is 0.314 e. The van der Waals surface area contributed by atoms with Crippen molar-refractivity contribution in [2.45, 2.75) is 72.3 Å². The smallest absolute Gasteiger partial charge is 0.00104 e. The Morgan fingerprint density at radius 1 is 1.00 bits per heavy atom. The average molecular weight is 287 g/mol. The minimum atomic E-state index is 0.607. The van der Waals surface area contributed by atoms with Crippen LogP contribution < -0.4 is 5.32 Å². The summed E-state index contributed by atoms with van der Waals surface area (Å²) in [6, 6.07) is 7.66. The highest BCUT2D eigenvalue weighted by molar-refractivity contribution is 5.30. The van der Waals surface area contributed by atoms with Crippen LogP contribution in [0.5, 0.6) is 0 Å². The maximum absolute atomic E-state index is 3.68. The summed E-state index contributed by atoms with van der Waals surface area (Å²) >= 11 is 0. The van der Waals surface area contributed by atoms with E-state index in [1.54, 1.807) is 5.56 Å². The van der Waals surface area contributed by atoms with Gasteiger partial charge in [0.1, 0.15) is 0 Å². The van der Waals surface area contributed by atoms with E-state index in [0.29, 0.717) is 6.04 Å². The maximum Gasteiger partial charge on any atom is 0.00104 e. The van der Waals surface area contributed by atoms with Crippen LogP contribution in [0.1, 0.15) is 62.6 Å². The van der Waals surface area contributed by atoms with E-state index in [9.17, 15) is 0 Å². The van der Waals surface area contributed by atoms with Gasteiger partial charge in [-0.3, -0.25) is 0 Å². The van der Waals surface area contributed by atoms with Crippen LogP contribution in [0, 0.1) is 25.7 Å². The summed E-state index contributed by atoms with van der Waals surface area (Å²) in [6.45, 7) is 10.2. The van der Waals surface area contributed by atoms with Gasteiger partial charge in [-0.1, -0.05) is 51.3 Å². The molecule has 0 radical (unpaired) electrons. The zero-order valence-electron chi connectivity index (χ0n) is 14.4. The predicted molar refractivity (Wildman–Crippen MR) is 92.8 cm³/mol. The van der Waals surface area contributed by atoms with Crippen molar-refractivity contribution in [2.24, 2.45) is 11.8 Å². The highest BCUT2D eigenvalue weighted by Crippen LogP contribution is 2.31. The number of hydrogen-bond acceptors (Lipinski definition) is 1. The van der Waals surface area contributed by atoms with Gasteiger partial charge in [0, 0.05) is 6.04 Å². The molecule has 2 atom stereocenters. The molecule has 0 bridgehead atoms. The van der Waals surface area contributed by atoms with Crippen molar-refractivity contribution in [1.29, 1.82) is 0 Å². The van der Waals surface area contributed by atoms with E-state index in [-0.39, 0.29) is 0 Å². The summed E-state index contributed by atoms with van der Waals surface area (Å²) in [5.74, 6) is 1.72. The Balaban J connectivity index is 2.03. The first-order valence-corrected chi connectivity index (χ1v) is 8.85. The van der Waals surface area contributed by atoms with Crippen LogP contribution in [0.4, 0.5) is 0 Å². The Morgan fingerprint density at radius 3 is 2.38 bits per heavy atom. The molecule has 1 heteroatoms. The lowest BCUT2D eigenvalue weighted by atomic mass is 9.82. The van der Waals surface area contributed by atoms with Crippen molar-refractivity contribution in [2.75, 3.05) is 6.54 Å². The van der Waals surface area contributed by atoms with Crippen LogP contribution in [0.25, 0.3) is 0 Å². The van der Waals surface area contributed by atoms with Crippen LogP contribution in [0.3, 0.4) is 0 Å². The van der Waals surface area contributed by atoms with Crippen LogP contribution in [0.15, 0.2) is 18.2 Å². The fourth-order valence-corrected chi connectivity index (χ4v) is 3.62. The molecule has 0 aliphatic heterocycles. The van der Waals surface area contributed by atoms with Crippen molar-refractivity contribution >= 4 is 0 Å². The number of hydrogen-bond donors (Lipinski definition) is 1. The lowest BCUT2D eigenvalue weighted by Gasteiger charge is -2.27. The average Bonchev–Trinajstić information content (AvgIpc) is 2.66. The molecule has 0 heterocycles. The number of nitrogens with one attached hydrogen (secondary N) is 1. The Bertz CT molecular complexity index is 435. The van der Waals surface area contributed by atoms with E-state index in [2.05, 4.69) is 51.2 Å².